The molecule has 0 amide bonds. The molecule has 1 aromatic rings. The van der Waals surface area contributed by atoms with Crippen molar-refractivity contribution in [2.75, 3.05) is 26.2 Å². The molecule has 1 aromatic carbocycles. The molecule has 2 unspecified atom stereocenters. The van der Waals surface area contributed by atoms with Crippen molar-refractivity contribution in [2.45, 2.75) is 103 Å². The van der Waals surface area contributed by atoms with Crippen LogP contribution in [0, 0.1) is 11.8 Å². The Labute approximate surface area is 212 Å². The van der Waals surface area contributed by atoms with Crippen LogP contribution in [0.2, 0.25) is 5.02 Å². The third-order valence-corrected chi connectivity index (χ3v) is 8.19. The summed E-state index contributed by atoms with van der Waals surface area (Å²) >= 11 is 5.83. The lowest BCUT2D eigenvalue weighted by atomic mass is 10.1. The van der Waals surface area contributed by atoms with Crippen molar-refractivity contribution in [1.29, 1.82) is 0 Å². The Hall–Kier alpha value is -0.690. The molecule has 5 nitrogen and oxygen atoms in total. The van der Waals surface area contributed by atoms with Gasteiger partial charge in [-0.05, 0) is 74.5 Å². The van der Waals surface area contributed by atoms with E-state index in [-0.39, 0.29) is 6.10 Å². The van der Waals surface area contributed by atoms with Crippen LogP contribution >= 0.6 is 11.6 Å². The quantitative estimate of drug-likeness (QED) is 0.506. The Bertz CT molecular complexity index is 641. The van der Waals surface area contributed by atoms with Gasteiger partial charge in [0.15, 0.2) is 0 Å². The highest BCUT2D eigenvalue weighted by molar-refractivity contribution is 6.30. The SMILES string of the molecule is C1CC2OC2C1.C[C@@H]1CCC[C@H]1N.C[C@@H]1CCC[C@H]1O.Clc1ccc(CN2CCNCC2)cc1. The first kappa shape index (κ1) is 27.9. The van der Waals surface area contributed by atoms with E-state index in [1.54, 1.807) is 0 Å². The lowest BCUT2D eigenvalue weighted by Gasteiger charge is -2.27. The number of benzene rings is 1. The van der Waals surface area contributed by atoms with Crippen LogP contribution in [0.5, 0.6) is 0 Å². The molecule has 4 N–H and O–H groups in total. The lowest BCUT2D eigenvalue weighted by molar-refractivity contribution is 0.141. The molecule has 2 aliphatic heterocycles. The van der Waals surface area contributed by atoms with Gasteiger partial charge in [-0.2, -0.15) is 0 Å². The third kappa shape index (κ3) is 10.1. The minimum atomic E-state index is 0.0139. The number of hydrogen-bond donors (Lipinski definition) is 3. The van der Waals surface area contributed by atoms with Gasteiger partial charge in [0.05, 0.1) is 18.3 Å². The monoisotopic (exact) mass is 493 g/mol. The molecule has 0 aromatic heterocycles. The molecule has 2 saturated heterocycles. The maximum Gasteiger partial charge on any atom is 0.0841 e. The van der Waals surface area contributed by atoms with Crippen molar-refractivity contribution >= 4 is 11.6 Å². The number of aliphatic hydroxyl groups is 1. The maximum atomic E-state index is 9.00. The summed E-state index contributed by atoms with van der Waals surface area (Å²) in [7, 11) is 0. The van der Waals surface area contributed by atoms with Crippen LogP contribution < -0.4 is 11.1 Å². The molecule has 0 bridgehead atoms. The smallest absolute Gasteiger partial charge is 0.0841 e. The number of aliphatic hydroxyl groups excluding tert-OH is 1. The molecular formula is C28H48ClN3O2. The molecule has 6 rings (SSSR count). The van der Waals surface area contributed by atoms with E-state index in [2.05, 4.69) is 36.2 Å². The predicted molar refractivity (Wildman–Crippen MR) is 142 cm³/mol. The summed E-state index contributed by atoms with van der Waals surface area (Å²) in [4.78, 5) is 2.46. The van der Waals surface area contributed by atoms with E-state index in [4.69, 9.17) is 27.2 Å². The van der Waals surface area contributed by atoms with Crippen LogP contribution in [-0.4, -0.2) is 60.5 Å². The Kier molecular flexibility index (Phi) is 12.1. The molecule has 3 saturated carbocycles. The van der Waals surface area contributed by atoms with Crippen molar-refractivity contribution in [3.63, 3.8) is 0 Å². The van der Waals surface area contributed by atoms with E-state index < -0.39 is 0 Å². The van der Waals surface area contributed by atoms with E-state index in [0.717, 1.165) is 50.1 Å². The number of hydrogen-bond acceptors (Lipinski definition) is 5. The van der Waals surface area contributed by atoms with Crippen LogP contribution in [0.15, 0.2) is 24.3 Å². The van der Waals surface area contributed by atoms with Gasteiger partial charge in [-0.15, -0.1) is 0 Å². The van der Waals surface area contributed by atoms with Crippen LogP contribution in [0.1, 0.15) is 77.2 Å². The summed E-state index contributed by atoms with van der Waals surface area (Å²) in [6.45, 7) is 9.88. The lowest BCUT2D eigenvalue weighted by Crippen LogP contribution is -2.42. The second-order valence-corrected chi connectivity index (χ2v) is 11.3. The first-order valence-corrected chi connectivity index (χ1v) is 14.1. The number of nitrogens with zero attached hydrogens (tertiary/aromatic N) is 1. The first-order valence-electron chi connectivity index (χ1n) is 13.7. The fourth-order valence-corrected chi connectivity index (χ4v) is 5.35. The van der Waals surface area contributed by atoms with Crippen molar-refractivity contribution < 1.29 is 9.84 Å². The van der Waals surface area contributed by atoms with Gasteiger partial charge in [0.1, 0.15) is 0 Å². The summed E-state index contributed by atoms with van der Waals surface area (Å²) in [6.07, 6.45) is 13.0. The fourth-order valence-electron chi connectivity index (χ4n) is 5.22. The minimum Gasteiger partial charge on any atom is -0.393 e. The molecule has 3 aliphatic carbocycles. The van der Waals surface area contributed by atoms with E-state index in [9.17, 15) is 0 Å². The number of piperazine rings is 1. The van der Waals surface area contributed by atoms with E-state index >= 15 is 0 Å². The summed E-state index contributed by atoms with van der Waals surface area (Å²) in [5.41, 5.74) is 7.02. The van der Waals surface area contributed by atoms with Gasteiger partial charge in [0, 0.05) is 43.8 Å². The molecule has 194 valence electrons. The van der Waals surface area contributed by atoms with Gasteiger partial charge >= 0.3 is 0 Å². The molecule has 6 atom stereocenters. The Morgan fingerprint density at radius 1 is 0.912 bits per heavy atom. The molecule has 0 spiro atoms. The predicted octanol–water partition coefficient (Wildman–Crippen LogP) is 4.98. The maximum absolute atomic E-state index is 9.00. The summed E-state index contributed by atoms with van der Waals surface area (Å²) < 4.78 is 5.15. The molecule has 0 radical (unpaired) electrons. The number of nitrogens with one attached hydrogen (secondary N) is 1. The molecule has 5 aliphatic rings. The normalized spacial score (nSPS) is 34.0. The summed E-state index contributed by atoms with van der Waals surface area (Å²) in [5, 5.41) is 13.2. The van der Waals surface area contributed by atoms with Crippen LogP contribution in [0.3, 0.4) is 0 Å². The average molecular weight is 494 g/mol. The van der Waals surface area contributed by atoms with Crippen LogP contribution in [0.4, 0.5) is 0 Å². The third-order valence-electron chi connectivity index (χ3n) is 7.94. The topological polar surface area (TPSA) is 74.0 Å². The van der Waals surface area contributed by atoms with E-state index in [1.807, 2.05) is 12.1 Å². The van der Waals surface area contributed by atoms with Gasteiger partial charge < -0.3 is 20.9 Å². The molecule has 6 heteroatoms. The Morgan fingerprint density at radius 3 is 1.85 bits per heavy atom. The fraction of sp³-hybridized carbons (Fsp3) is 0.786. The van der Waals surface area contributed by atoms with Crippen molar-refractivity contribution in [3.05, 3.63) is 34.9 Å². The minimum absolute atomic E-state index is 0.0139. The number of halogens is 1. The molecule has 2 heterocycles. The zero-order valence-corrected chi connectivity index (χ0v) is 22.2. The largest absolute Gasteiger partial charge is 0.393 e. The van der Waals surface area contributed by atoms with Crippen LogP contribution in [0.25, 0.3) is 0 Å². The van der Waals surface area contributed by atoms with Gasteiger partial charge in [0.2, 0.25) is 0 Å². The molecular weight excluding hydrogens is 446 g/mol. The average Bonchev–Trinajstić information content (AvgIpc) is 3.10. The second-order valence-electron chi connectivity index (χ2n) is 10.8. The van der Waals surface area contributed by atoms with Gasteiger partial charge in [-0.1, -0.05) is 50.4 Å². The Morgan fingerprint density at radius 2 is 1.50 bits per heavy atom. The molecule has 5 fully saturated rings. The highest BCUT2D eigenvalue weighted by atomic mass is 35.5. The highest BCUT2D eigenvalue weighted by Gasteiger charge is 2.42. The summed E-state index contributed by atoms with van der Waals surface area (Å²) in [6, 6.07) is 8.63. The van der Waals surface area contributed by atoms with Gasteiger partial charge in [-0.3, -0.25) is 4.90 Å². The number of fused-ring (bicyclic) bond motifs is 1. The first-order chi connectivity index (χ1) is 16.4. The second kappa shape index (κ2) is 14.8. The number of epoxide rings is 1. The van der Waals surface area contributed by atoms with E-state index in [0.29, 0.717) is 24.2 Å². The number of nitrogens with two attached hydrogens (primary N) is 1. The summed E-state index contributed by atoms with van der Waals surface area (Å²) in [5.74, 6) is 1.36. The highest BCUT2D eigenvalue weighted by Crippen LogP contribution is 2.37. The van der Waals surface area contributed by atoms with Crippen molar-refractivity contribution in [3.8, 4) is 0 Å². The van der Waals surface area contributed by atoms with Crippen molar-refractivity contribution in [2.24, 2.45) is 17.6 Å². The van der Waals surface area contributed by atoms with Crippen LogP contribution in [-0.2, 0) is 11.3 Å². The van der Waals surface area contributed by atoms with Gasteiger partial charge in [-0.25, -0.2) is 0 Å². The van der Waals surface area contributed by atoms with Crippen molar-refractivity contribution in [1.82, 2.24) is 10.2 Å². The zero-order valence-electron chi connectivity index (χ0n) is 21.4. The number of ether oxygens (including phenoxy) is 1. The van der Waals surface area contributed by atoms with E-state index in [1.165, 1.54) is 56.9 Å². The molecule has 34 heavy (non-hydrogen) atoms. The number of rotatable bonds is 2. The zero-order chi connectivity index (χ0) is 24.3. The standard InChI is InChI=1S/C11H15ClN2.C6H13N.C6H12O.C5H8O/c12-11-3-1-10(2-4-11)9-14-7-5-13-6-8-14;2*1-5-3-2-4-6(5)7;1-2-4-5(3-1)6-4/h1-4,13H,5-9H2;5-6H,2-4,7H2,1H3;5-7H,2-4H2,1H3;4-5H,1-3H2/t;2*5-,6-;/m.11./s1. The van der Waals surface area contributed by atoms with Gasteiger partial charge in [0.25, 0.3) is 0 Å². The Balaban J connectivity index is 0.000000137.